The Morgan fingerprint density at radius 3 is 2.63 bits per heavy atom. The predicted octanol–water partition coefficient (Wildman–Crippen LogP) is 1.68. The van der Waals surface area contributed by atoms with Crippen LogP contribution < -0.4 is 9.47 Å². The molecule has 19 heavy (non-hydrogen) atoms. The van der Waals surface area contributed by atoms with E-state index in [1.54, 1.807) is 20.6 Å². The summed E-state index contributed by atoms with van der Waals surface area (Å²) >= 11 is 0. The van der Waals surface area contributed by atoms with Gasteiger partial charge in [0.15, 0.2) is 11.5 Å². The van der Waals surface area contributed by atoms with Crippen molar-refractivity contribution in [3.05, 3.63) is 23.8 Å². The maximum absolute atomic E-state index is 11.1. The first-order chi connectivity index (χ1) is 9.13. The van der Waals surface area contributed by atoms with Crippen molar-refractivity contribution in [2.45, 2.75) is 12.8 Å². The highest BCUT2D eigenvalue weighted by Crippen LogP contribution is 2.30. The van der Waals surface area contributed by atoms with E-state index in [1.807, 2.05) is 23.1 Å². The molecule has 0 spiro atoms. The molecule has 1 unspecified atom stereocenters. The van der Waals surface area contributed by atoms with Crippen molar-refractivity contribution in [2.75, 3.05) is 27.3 Å². The lowest BCUT2D eigenvalue weighted by Gasteiger charge is -2.20. The first-order valence-electron chi connectivity index (χ1n) is 6.17. The molecule has 0 saturated heterocycles. The summed E-state index contributed by atoms with van der Waals surface area (Å²) in [7, 11) is 3.24. The smallest absolute Gasteiger partial charge is 0.266 e. The molecular weight excluding hydrogens is 244 g/mol. The van der Waals surface area contributed by atoms with Crippen molar-refractivity contribution < 1.29 is 14.3 Å². The van der Waals surface area contributed by atoms with E-state index in [9.17, 15) is 4.79 Å². The zero-order chi connectivity index (χ0) is 13.8. The van der Waals surface area contributed by atoms with Gasteiger partial charge in [-0.3, -0.25) is 4.79 Å². The molecule has 1 aromatic carbocycles. The lowest BCUT2D eigenvalue weighted by Crippen LogP contribution is -2.25. The van der Waals surface area contributed by atoms with Gasteiger partial charge >= 0.3 is 0 Å². The third-order valence-electron chi connectivity index (χ3n) is 3.19. The van der Waals surface area contributed by atoms with Crippen LogP contribution in [-0.4, -0.2) is 44.5 Å². The van der Waals surface area contributed by atoms with Gasteiger partial charge in [-0.05, 0) is 23.6 Å². The second-order valence-corrected chi connectivity index (χ2v) is 4.58. The summed E-state index contributed by atoms with van der Waals surface area (Å²) < 4.78 is 10.5. The molecule has 1 atom stereocenters. The molecule has 0 radical (unpaired) electrons. The highest BCUT2D eigenvalue weighted by Gasteiger charge is 2.17. The highest BCUT2D eigenvalue weighted by atomic mass is 16.5. The number of carbonyl (C=O) groups excluding carboxylic acids is 1. The SMILES string of the molecule is COc1ccc(C(C)CN2C=NC(=O)C2)cc1OC. The first-order valence-corrected chi connectivity index (χ1v) is 6.17. The Kier molecular flexibility index (Phi) is 4.04. The van der Waals surface area contributed by atoms with E-state index in [2.05, 4.69) is 11.9 Å². The monoisotopic (exact) mass is 262 g/mol. The van der Waals surface area contributed by atoms with Crippen molar-refractivity contribution in [3.8, 4) is 11.5 Å². The van der Waals surface area contributed by atoms with Gasteiger partial charge in [-0.1, -0.05) is 13.0 Å². The van der Waals surface area contributed by atoms with Crippen molar-refractivity contribution in [1.82, 2.24) is 4.90 Å². The largest absolute Gasteiger partial charge is 0.493 e. The lowest BCUT2D eigenvalue weighted by molar-refractivity contribution is -0.117. The zero-order valence-corrected chi connectivity index (χ0v) is 11.4. The van der Waals surface area contributed by atoms with Crippen LogP contribution >= 0.6 is 0 Å². The third-order valence-corrected chi connectivity index (χ3v) is 3.19. The van der Waals surface area contributed by atoms with E-state index in [1.165, 1.54) is 0 Å². The predicted molar refractivity (Wildman–Crippen MR) is 73.0 cm³/mol. The molecule has 1 aromatic rings. The molecule has 1 aliphatic rings. The molecule has 1 amide bonds. The van der Waals surface area contributed by atoms with E-state index in [0.717, 1.165) is 23.6 Å². The third kappa shape index (κ3) is 3.05. The Bertz CT molecular complexity index is 499. The number of aliphatic imine (C=N–C) groups is 1. The number of hydrogen-bond acceptors (Lipinski definition) is 4. The molecular formula is C14H18N2O3. The summed E-state index contributed by atoms with van der Waals surface area (Å²) in [6, 6.07) is 5.88. The van der Waals surface area contributed by atoms with Gasteiger partial charge in [0.05, 0.1) is 20.6 Å². The van der Waals surface area contributed by atoms with Crippen molar-refractivity contribution in [2.24, 2.45) is 4.99 Å². The van der Waals surface area contributed by atoms with E-state index >= 15 is 0 Å². The van der Waals surface area contributed by atoms with Gasteiger partial charge in [0.2, 0.25) is 0 Å². The van der Waals surface area contributed by atoms with Gasteiger partial charge in [-0.2, -0.15) is 0 Å². The summed E-state index contributed by atoms with van der Waals surface area (Å²) in [6.07, 6.45) is 1.61. The Labute approximate surface area is 112 Å². The summed E-state index contributed by atoms with van der Waals surface area (Å²) in [6.45, 7) is 3.24. The Balaban J connectivity index is 2.08. The second-order valence-electron chi connectivity index (χ2n) is 4.58. The molecule has 2 rings (SSSR count). The average Bonchev–Trinajstić information content (AvgIpc) is 2.83. The van der Waals surface area contributed by atoms with Gasteiger partial charge in [0, 0.05) is 6.54 Å². The van der Waals surface area contributed by atoms with E-state index in [-0.39, 0.29) is 11.8 Å². The topological polar surface area (TPSA) is 51.1 Å². The normalized spacial score (nSPS) is 15.7. The van der Waals surface area contributed by atoms with Crippen LogP contribution in [-0.2, 0) is 4.79 Å². The van der Waals surface area contributed by atoms with Gasteiger partial charge in [0.1, 0.15) is 6.54 Å². The molecule has 5 nitrogen and oxygen atoms in total. The first kappa shape index (κ1) is 13.4. The van der Waals surface area contributed by atoms with Crippen molar-refractivity contribution in [1.29, 1.82) is 0 Å². The lowest BCUT2D eigenvalue weighted by atomic mass is 10.00. The molecule has 1 heterocycles. The Morgan fingerprint density at radius 1 is 1.32 bits per heavy atom. The number of nitrogens with zero attached hydrogens (tertiary/aromatic N) is 2. The molecule has 0 N–H and O–H groups in total. The highest BCUT2D eigenvalue weighted by molar-refractivity contribution is 5.91. The molecule has 0 aromatic heterocycles. The fourth-order valence-corrected chi connectivity index (χ4v) is 2.13. The van der Waals surface area contributed by atoms with Gasteiger partial charge < -0.3 is 14.4 Å². The minimum absolute atomic E-state index is 0.0838. The van der Waals surface area contributed by atoms with Crippen LogP contribution in [0.5, 0.6) is 11.5 Å². The van der Waals surface area contributed by atoms with Crippen molar-refractivity contribution in [3.63, 3.8) is 0 Å². The molecule has 0 fully saturated rings. The van der Waals surface area contributed by atoms with Gasteiger partial charge in [-0.15, -0.1) is 0 Å². The maximum Gasteiger partial charge on any atom is 0.266 e. The van der Waals surface area contributed by atoms with Crippen LogP contribution in [0, 0.1) is 0 Å². The summed E-state index contributed by atoms with van der Waals surface area (Å²) in [5.41, 5.74) is 1.14. The molecule has 5 heteroatoms. The Hall–Kier alpha value is -2.04. The van der Waals surface area contributed by atoms with Crippen LogP contribution in [0.3, 0.4) is 0 Å². The summed E-state index contributed by atoms with van der Waals surface area (Å²) in [5.74, 6) is 1.63. The fourth-order valence-electron chi connectivity index (χ4n) is 2.13. The number of amides is 1. The van der Waals surface area contributed by atoms with Crippen LogP contribution in [0.25, 0.3) is 0 Å². The van der Waals surface area contributed by atoms with Gasteiger partial charge in [-0.25, -0.2) is 4.99 Å². The van der Waals surface area contributed by atoms with Crippen molar-refractivity contribution >= 4 is 12.2 Å². The maximum atomic E-state index is 11.1. The number of benzene rings is 1. The number of hydrogen-bond donors (Lipinski definition) is 0. The number of rotatable bonds is 5. The minimum Gasteiger partial charge on any atom is -0.493 e. The quantitative estimate of drug-likeness (QED) is 0.810. The van der Waals surface area contributed by atoms with Crippen LogP contribution in [0.1, 0.15) is 18.4 Å². The number of carbonyl (C=O) groups is 1. The molecule has 0 saturated carbocycles. The standard InChI is InChI=1S/C14H18N2O3/c1-10(7-16-8-14(17)15-9-16)11-4-5-12(18-2)13(6-11)19-3/h4-6,9-10H,7-8H2,1-3H3. The summed E-state index contributed by atoms with van der Waals surface area (Å²) in [4.78, 5) is 16.7. The number of methoxy groups -OCH3 is 2. The van der Waals surface area contributed by atoms with E-state index in [4.69, 9.17) is 9.47 Å². The van der Waals surface area contributed by atoms with E-state index < -0.39 is 0 Å². The Morgan fingerprint density at radius 2 is 2.05 bits per heavy atom. The second kappa shape index (κ2) is 5.73. The molecule has 0 bridgehead atoms. The van der Waals surface area contributed by atoms with Crippen LogP contribution in [0.4, 0.5) is 0 Å². The van der Waals surface area contributed by atoms with Gasteiger partial charge in [0.25, 0.3) is 5.91 Å². The minimum atomic E-state index is -0.0838. The van der Waals surface area contributed by atoms with Crippen LogP contribution in [0.15, 0.2) is 23.2 Å². The zero-order valence-electron chi connectivity index (χ0n) is 11.4. The molecule has 0 aliphatic carbocycles. The molecule has 102 valence electrons. The van der Waals surface area contributed by atoms with Crippen LogP contribution in [0.2, 0.25) is 0 Å². The molecule has 1 aliphatic heterocycles. The summed E-state index contributed by atoms with van der Waals surface area (Å²) in [5, 5.41) is 0. The number of ether oxygens (including phenoxy) is 2. The van der Waals surface area contributed by atoms with E-state index in [0.29, 0.717) is 6.54 Å². The fraction of sp³-hybridized carbons (Fsp3) is 0.429. The average molecular weight is 262 g/mol.